The minimum atomic E-state index is 0.227. The molecule has 2 atom stereocenters. The molecule has 1 heterocycles. The third-order valence-corrected chi connectivity index (χ3v) is 2.98. The Morgan fingerprint density at radius 1 is 1.50 bits per heavy atom. The van der Waals surface area contributed by atoms with Crippen molar-refractivity contribution in [1.82, 2.24) is 10.6 Å². The molecule has 6 heteroatoms. The molecule has 0 aromatic heterocycles. The molecule has 0 spiro atoms. The molecule has 2 unspecified atom stereocenters. The summed E-state index contributed by atoms with van der Waals surface area (Å²) in [4.78, 5) is 4.47. The van der Waals surface area contributed by atoms with Crippen molar-refractivity contribution in [2.75, 3.05) is 46.6 Å². The lowest BCUT2D eigenvalue weighted by Gasteiger charge is -2.17. The van der Waals surface area contributed by atoms with E-state index in [1.165, 1.54) is 0 Å². The van der Waals surface area contributed by atoms with Crippen LogP contribution in [0.4, 0.5) is 0 Å². The molecule has 0 aromatic carbocycles. The van der Waals surface area contributed by atoms with Gasteiger partial charge in [-0.2, -0.15) is 0 Å². The van der Waals surface area contributed by atoms with Crippen LogP contribution >= 0.6 is 0 Å². The first-order valence-electron chi connectivity index (χ1n) is 7.49. The van der Waals surface area contributed by atoms with Gasteiger partial charge in [-0.25, -0.2) is 0 Å². The highest BCUT2D eigenvalue weighted by Crippen LogP contribution is 2.11. The Bertz CT molecular complexity index is 268. The minimum Gasteiger partial charge on any atom is -0.383 e. The van der Waals surface area contributed by atoms with Crippen LogP contribution in [0.2, 0.25) is 0 Å². The molecule has 0 amide bonds. The second-order valence-electron chi connectivity index (χ2n) is 4.97. The molecule has 1 aliphatic heterocycles. The van der Waals surface area contributed by atoms with Crippen molar-refractivity contribution in [2.45, 2.75) is 38.8 Å². The molecule has 1 saturated heterocycles. The Morgan fingerprint density at radius 2 is 2.35 bits per heavy atom. The maximum Gasteiger partial charge on any atom is 0.191 e. The van der Waals surface area contributed by atoms with Crippen molar-refractivity contribution in [3.8, 4) is 0 Å². The second kappa shape index (κ2) is 10.9. The Hall–Kier alpha value is -0.850. The van der Waals surface area contributed by atoms with E-state index in [0.717, 1.165) is 32.0 Å². The first-order chi connectivity index (χ1) is 9.76. The molecule has 0 saturated carbocycles. The number of guanidine groups is 1. The van der Waals surface area contributed by atoms with Crippen LogP contribution in [0.15, 0.2) is 4.99 Å². The zero-order valence-corrected chi connectivity index (χ0v) is 13.0. The summed E-state index contributed by atoms with van der Waals surface area (Å²) in [6.45, 7) is 8.41. The maximum absolute atomic E-state index is 5.59. The van der Waals surface area contributed by atoms with Crippen LogP contribution < -0.4 is 10.6 Å². The van der Waals surface area contributed by atoms with Crippen LogP contribution in [0.1, 0.15) is 26.7 Å². The predicted octanol–water partition coefficient (Wildman–Crippen LogP) is 0.772. The van der Waals surface area contributed by atoms with Gasteiger partial charge in [0.2, 0.25) is 0 Å². The summed E-state index contributed by atoms with van der Waals surface area (Å²) in [6, 6.07) is 0.227. The summed E-state index contributed by atoms with van der Waals surface area (Å²) in [5.74, 6) is 0.803. The Morgan fingerprint density at radius 3 is 3.00 bits per heavy atom. The standard InChI is InChI=1S/C14H29N3O3/c1-4-15-14(17-12(2)10-18-3)16-7-9-19-11-13-6-5-8-20-13/h12-13H,4-11H2,1-3H3,(H2,15,16,17). The summed E-state index contributed by atoms with van der Waals surface area (Å²) in [5, 5.41) is 6.49. The highest BCUT2D eigenvalue weighted by Gasteiger charge is 2.14. The van der Waals surface area contributed by atoms with Crippen molar-refractivity contribution in [3.63, 3.8) is 0 Å². The van der Waals surface area contributed by atoms with Gasteiger partial charge in [0.25, 0.3) is 0 Å². The van der Waals surface area contributed by atoms with Gasteiger partial charge in [0.1, 0.15) is 0 Å². The number of aliphatic imine (C=N–C) groups is 1. The Kier molecular flexibility index (Phi) is 9.36. The van der Waals surface area contributed by atoms with Gasteiger partial charge in [-0.15, -0.1) is 0 Å². The summed E-state index contributed by atoms with van der Waals surface area (Å²) in [5.41, 5.74) is 0. The highest BCUT2D eigenvalue weighted by molar-refractivity contribution is 5.80. The SMILES string of the molecule is CCNC(=NCCOCC1CCCO1)NC(C)COC. The quantitative estimate of drug-likeness (QED) is 0.373. The zero-order valence-electron chi connectivity index (χ0n) is 13.0. The topological polar surface area (TPSA) is 64.1 Å². The van der Waals surface area contributed by atoms with Gasteiger partial charge in [-0.3, -0.25) is 4.99 Å². The lowest BCUT2D eigenvalue weighted by molar-refractivity contribution is 0.0200. The number of methoxy groups -OCH3 is 1. The molecular formula is C14H29N3O3. The molecule has 0 radical (unpaired) electrons. The smallest absolute Gasteiger partial charge is 0.191 e. The van der Waals surface area contributed by atoms with Gasteiger partial charge < -0.3 is 24.8 Å². The molecule has 118 valence electrons. The first-order valence-corrected chi connectivity index (χ1v) is 7.49. The summed E-state index contributed by atoms with van der Waals surface area (Å²) in [7, 11) is 1.70. The largest absolute Gasteiger partial charge is 0.383 e. The molecule has 0 aliphatic carbocycles. The van der Waals surface area contributed by atoms with Gasteiger partial charge in [0.15, 0.2) is 5.96 Å². The van der Waals surface area contributed by atoms with E-state index in [-0.39, 0.29) is 12.1 Å². The molecule has 6 nitrogen and oxygen atoms in total. The van der Waals surface area contributed by atoms with E-state index in [9.17, 15) is 0 Å². The van der Waals surface area contributed by atoms with E-state index >= 15 is 0 Å². The van der Waals surface area contributed by atoms with E-state index < -0.39 is 0 Å². The van der Waals surface area contributed by atoms with Crippen LogP contribution in [0.25, 0.3) is 0 Å². The molecule has 1 rings (SSSR count). The summed E-state index contributed by atoms with van der Waals surface area (Å²) in [6.07, 6.45) is 2.55. The van der Waals surface area contributed by atoms with E-state index in [2.05, 4.69) is 22.5 Å². The van der Waals surface area contributed by atoms with Crippen molar-refractivity contribution in [3.05, 3.63) is 0 Å². The molecule has 2 N–H and O–H groups in total. The Balaban J connectivity index is 2.16. The van der Waals surface area contributed by atoms with E-state index in [1.54, 1.807) is 7.11 Å². The molecular weight excluding hydrogens is 258 g/mol. The van der Waals surface area contributed by atoms with Gasteiger partial charge in [-0.1, -0.05) is 0 Å². The number of hydrogen-bond donors (Lipinski definition) is 2. The van der Waals surface area contributed by atoms with Crippen LogP contribution in [-0.2, 0) is 14.2 Å². The van der Waals surface area contributed by atoms with Crippen molar-refractivity contribution >= 4 is 5.96 Å². The lowest BCUT2D eigenvalue weighted by atomic mass is 10.2. The lowest BCUT2D eigenvalue weighted by Crippen LogP contribution is -2.44. The second-order valence-corrected chi connectivity index (χ2v) is 4.97. The number of nitrogens with one attached hydrogen (secondary N) is 2. The van der Waals surface area contributed by atoms with Gasteiger partial charge in [0.05, 0.1) is 32.5 Å². The number of ether oxygens (including phenoxy) is 3. The van der Waals surface area contributed by atoms with Crippen molar-refractivity contribution < 1.29 is 14.2 Å². The molecule has 0 aromatic rings. The maximum atomic E-state index is 5.59. The van der Waals surface area contributed by atoms with Gasteiger partial charge in [-0.05, 0) is 26.7 Å². The average Bonchev–Trinajstić information content (AvgIpc) is 2.92. The van der Waals surface area contributed by atoms with Crippen molar-refractivity contribution in [1.29, 1.82) is 0 Å². The third-order valence-electron chi connectivity index (χ3n) is 2.98. The number of rotatable bonds is 9. The summed E-state index contributed by atoms with van der Waals surface area (Å²) >= 11 is 0. The van der Waals surface area contributed by atoms with Crippen LogP contribution in [0.5, 0.6) is 0 Å². The molecule has 20 heavy (non-hydrogen) atoms. The zero-order chi connectivity index (χ0) is 14.6. The number of hydrogen-bond acceptors (Lipinski definition) is 4. The fourth-order valence-electron chi connectivity index (χ4n) is 2.06. The normalized spacial score (nSPS) is 20.9. The Labute approximate surface area is 122 Å². The van der Waals surface area contributed by atoms with E-state index in [1.807, 2.05) is 6.92 Å². The van der Waals surface area contributed by atoms with Gasteiger partial charge in [0, 0.05) is 26.3 Å². The fourth-order valence-corrected chi connectivity index (χ4v) is 2.06. The van der Waals surface area contributed by atoms with Crippen LogP contribution in [-0.4, -0.2) is 64.7 Å². The number of nitrogens with zero attached hydrogens (tertiary/aromatic N) is 1. The monoisotopic (exact) mass is 287 g/mol. The summed E-state index contributed by atoms with van der Waals surface area (Å²) < 4.78 is 16.2. The first kappa shape index (κ1) is 17.2. The van der Waals surface area contributed by atoms with Crippen molar-refractivity contribution in [2.24, 2.45) is 4.99 Å². The molecule has 1 fully saturated rings. The minimum absolute atomic E-state index is 0.227. The molecule has 0 bridgehead atoms. The predicted molar refractivity (Wildman–Crippen MR) is 80.2 cm³/mol. The van der Waals surface area contributed by atoms with Crippen LogP contribution in [0, 0.1) is 0 Å². The van der Waals surface area contributed by atoms with E-state index in [4.69, 9.17) is 14.2 Å². The van der Waals surface area contributed by atoms with E-state index in [0.29, 0.717) is 26.4 Å². The fraction of sp³-hybridized carbons (Fsp3) is 0.929. The highest BCUT2D eigenvalue weighted by atomic mass is 16.5. The molecule has 1 aliphatic rings. The van der Waals surface area contributed by atoms with Gasteiger partial charge >= 0.3 is 0 Å². The van der Waals surface area contributed by atoms with Crippen LogP contribution in [0.3, 0.4) is 0 Å². The average molecular weight is 287 g/mol. The third kappa shape index (κ3) is 7.67.